The highest BCUT2D eigenvalue weighted by molar-refractivity contribution is 5.73. The van der Waals surface area contributed by atoms with Gasteiger partial charge in [-0.05, 0) is 20.3 Å². The molecule has 18 heavy (non-hydrogen) atoms. The molecule has 1 aromatic rings. The lowest BCUT2D eigenvalue weighted by Gasteiger charge is -2.20. The molecule has 0 aliphatic carbocycles. The van der Waals surface area contributed by atoms with E-state index in [0.29, 0.717) is 0 Å². The molecule has 2 heterocycles. The Hall–Kier alpha value is -1.72. The molecule has 1 unspecified atom stereocenters. The van der Waals surface area contributed by atoms with Crippen molar-refractivity contribution in [3.05, 3.63) is 5.69 Å². The van der Waals surface area contributed by atoms with Crippen LogP contribution in [-0.4, -0.2) is 34.8 Å². The first-order valence-corrected chi connectivity index (χ1v) is 6.37. The van der Waals surface area contributed by atoms with E-state index in [9.17, 15) is 4.79 Å². The van der Waals surface area contributed by atoms with Gasteiger partial charge in [-0.3, -0.25) is 4.79 Å². The van der Waals surface area contributed by atoms with Gasteiger partial charge in [0.2, 0.25) is 5.91 Å². The molecule has 1 saturated heterocycles. The molecule has 0 bridgehead atoms. The Morgan fingerprint density at radius 2 is 2.33 bits per heavy atom. The number of carbonyl (C=O) groups is 1. The van der Waals surface area contributed by atoms with E-state index in [1.165, 1.54) is 0 Å². The molecule has 2 rings (SSSR count). The number of nitrogen functional groups attached to an aromatic ring is 1. The highest BCUT2D eigenvalue weighted by Gasteiger charge is 2.27. The average Bonchev–Trinajstić information content (AvgIpc) is 2.84. The Morgan fingerprint density at radius 3 is 2.94 bits per heavy atom. The Bertz CT molecular complexity index is 454. The molecule has 3 N–H and O–H groups in total. The van der Waals surface area contributed by atoms with Crippen molar-refractivity contribution in [3.63, 3.8) is 0 Å². The second kappa shape index (κ2) is 4.88. The van der Waals surface area contributed by atoms with E-state index in [1.807, 2.05) is 11.6 Å². The molecule has 0 saturated carbocycles. The fraction of sp³-hybridized carbons (Fsp3) is 0.667. The number of rotatable bonds is 3. The predicted molar refractivity (Wildman–Crippen MR) is 71.5 cm³/mol. The molecule has 0 aromatic carbocycles. The number of anilines is 2. The molecule has 0 spiro atoms. The molecule has 1 aliphatic heterocycles. The lowest BCUT2D eigenvalue weighted by atomic mass is 10.2. The highest BCUT2D eigenvalue weighted by atomic mass is 16.1. The van der Waals surface area contributed by atoms with Crippen molar-refractivity contribution in [2.24, 2.45) is 0 Å². The molecular weight excluding hydrogens is 230 g/mol. The summed E-state index contributed by atoms with van der Waals surface area (Å²) in [5.74, 6) is 1.01. The number of aromatic nitrogens is 2. The summed E-state index contributed by atoms with van der Waals surface area (Å²) >= 11 is 0. The second-order valence-corrected chi connectivity index (χ2v) is 4.77. The molecule has 1 aliphatic rings. The summed E-state index contributed by atoms with van der Waals surface area (Å²) in [6.07, 6.45) is 0.951. The van der Waals surface area contributed by atoms with Crippen LogP contribution in [0.5, 0.6) is 0 Å². The summed E-state index contributed by atoms with van der Waals surface area (Å²) in [6, 6.07) is 0.211. The van der Waals surface area contributed by atoms with E-state index >= 15 is 0 Å². The van der Waals surface area contributed by atoms with Gasteiger partial charge < -0.3 is 16.0 Å². The molecule has 1 atom stereocenters. The van der Waals surface area contributed by atoms with Crippen molar-refractivity contribution in [1.29, 1.82) is 0 Å². The summed E-state index contributed by atoms with van der Waals surface area (Å²) in [5.41, 5.74) is 7.71. The maximum atomic E-state index is 11.1. The average molecular weight is 251 g/mol. The largest absolute Gasteiger partial charge is 0.394 e. The van der Waals surface area contributed by atoms with E-state index in [0.717, 1.165) is 43.3 Å². The Kier molecular flexibility index (Phi) is 3.45. The zero-order chi connectivity index (χ0) is 13.3. The Labute approximate surface area is 107 Å². The first-order chi connectivity index (χ1) is 8.52. The van der Waals surface area contributed by atoms with E-state index in [1.54, 1.807) is 6.92 Å². The predicted octanol–water partition coefficient (Wildman–Crippen LogP) is 0.508. The van der Waals surface area contributed by atoms with E-state index in [-0.39, 0.29) is 11.9 Å². The van der Waals surface area contributed by atoms with Crippen molar-refractivity contribution < 1.29 is 4.79 Å². The minimum atomic E-state index is 0.0231. The van der Waals surface area contributed by atoms with E-state index in [2.05, 4.69) is 22.2 Å². The molecule has 1 aromatic heterocycles. The minimum absolute atomic E-state index is 0.0231. The quantitative estimate of drug-likeness (QED) is 0.820. The van der Waals surface area contributed by atoms with Crippen LogP contribution in [0.2, 0.25) is 0 Å². The zero-order valence-corrected chi connectivity index (χ0v) is 11.2. The van der Waals surface area contributed by atoms with Crippen LogP contribution in [0, 0.1) is 6.92 Å². The Balaban J connectivity index is 2.16. The van der Waals surface area contributed by atoms with Gasteiger partial charge in [0.25, 0.3) is 0 Å². The smallest absolute Gasteiger partial charge is 0.217 e. The van der Waals surface area contributed by atoms with E-state index < -0.39 is 0 Å². The van der Waals surface area contributed by atoms with Gasteiger partial charge in [0.05, 0.1) is 11.4 Å². The second-order valence-electron chi connectivity index (χ2n) is 4.77. The van der Waals surface area contributed by atoms with Crippen LogP contribution in [-0.2, 0) is 11.3 Å². The highest BCUT2D eigenvalue weighted by Crippen LogP contribution is 2.29. The van der Waals surface area contributed by atoms with Crippen LogP contribution in [0.3, 0.4) is 0 Å². The van der Waals surface area contributed by atoms with Crippen LogP contribution in [0.1, 0.15) is 26.0 Å². The van der Waals surface area contributed by atoms with Gasteiger partial charge in [0.1, 0.15) is 0 Å². The van der Waals surface area contributed by atoms with Crippen molar-refractivity contribution >= 4 is 17.4 Å². The van der Waals surface area contributed by atoms with Gasteiger partial charge in [0.15, 0.2) is 5.82 Å². The fourth-order valence-corrected chi connectivity index (χ4v) is 2.50. The molecular formula is C12H21N5O. The SMILES string of the molecule is CCn1nc(C)c(N)c1N1CCC(NC(C)=O)C1. The number of nitrogens with zero attached hydrogens (tertiary/aromatic N) is 3. The summed E-state index contributed by atoms with van der Waals surface area (Å²) in [5, 5.41) is 7.38. The van der Waals surface area contributed by atoms with Crippen LogP contribution < -0.4 is 16.0 Å². The standard InChI is InChI=1S/C12H21N5O/c1-4-17-12(11(13)8(2)15-17)16-6-5-10(7-16)14-9(3)18/h10H,4-7,13H2,1-3H3,(H,14,18). The summed E-state index contributed by atoms with van der Waals surface area (Å²) < 4.78 is 1.93. The maximum Gasteiger partial charge on any atom is 0.217 e. The van der Waals surface area contributed by atoms with Crippen molar-refractivity contribution in [2.75, 3.05) is 23.7 Å². The molecule has 1 fully saturated rings. The lowest BCUT2D eigenvalue weighted by molar-refractivity contribution is -0.119. The zero-order valence-electron chi connectivity index (χ0n) is 11.2. The number of nitrogens with two attached hydrogens (primary N) is 1. The Morgan fingerprint density at radius 1 is 1.61 bits per heavy atom. The number of aryl methyl sites for hydroxylation is 2. The third-order valence-corrected chi connectivity index (χ3v) is 3.34. The monoisotopic (exact) mass is 251 g/mol. The van der Waals surface area contributed by atoms with Crippen LogP contribution in [0.4, 0.5) is 11.5 Å². The van der Waals surface area contributed by atoms with Crippen LogP contribution >= 0.6 is 0 Å². The minimum Gasteiger partial charge on any atom is -0.394 e. The van der Waals surface area contributed by atoms with Crippen molar-refractivity contribution in [3.8, 4) is 0 Å². The summed E-state index contributed by atoms with van der Waals surface area (Å²) in [6.45, 7) is 8.03. The molecule has 6 heteroatoms. The third kappa shape index (κ3) is 2.27. The van der Waals surface area contributed by atoms with Gasteiger partial charge in [-0.2, -0.15) is 5.10 Å². The van der Waals surface area contributed by atoms with Gasteiger partial charge in [0, 0.05) is 32.6 Å². The number of hydrogen-bond acceptors (Lipinski definition) is 4. The number of carbonyl (C=O) groups excluding carboxylic acids is 1. The van der Waals surface area contributed by atoms with Crippen molar-refractivity contribution in [1.82, 2.24) is 15.1 Å². The third-order valence-electron chi connectivity index (χ3n) is 3.34. The van der Waals surface area contributed by atoms with Gasteiger partial charge in [-0.1, -0.05) is 0 Å². The lowest BCUT2D eigenvalue weighted by Crippen LogP contribution is -2.36. The number of amides is 1. The fourth-order valence-electron chi connectivity index (χ4n) is 2.50. The van der Waals surface area contributed by atoms with Crippen LogP contribution in [0.15, 0.2) is 0 Å². The normalized spacial score (nSPS) is 19.3. The van der Waals surface area contributed by atoms with Gasteiger partial charge >= 0.3 is 0 Å². The van der Waals surface area contributed by atoms with Crippen molar-refractivity contribution in [2.45, 2.75) is 39.8 Å². The first kappa shape index (κ1) is 12.7. The van der Waals surface area contributed by atoms with E-state index in [4.69, 9.17) is 5.73 Å². The maximum absolute atomic E-state index is 11.1. The van der Waals surface area contributed by atoms with Crippen LogP contribution in [0.25, 0.3) is 0 Å². The number of nitrogens with one attached hydrogen (secondary N) is 1. The van der Waals surface area contributed by atoms with Gasteiger partial charge in [-0.15, -0.1) is 0 Å². The first-order valence-electron chi connectivity index (χ1n) is 6.37. The molecule has 0 radical (unpaired) electrons. The summed E-state index contributed by atoms with van der Waals surface area (Å²) in [4.78, 5) is 13.3. The molecule has 1 amide bonds. The topological polar surface area (TPSA) is 76.2 Å². The number of hydrogen-bond donors (Lipinski definition) is 2. The summed E-state index contributed by atoms with van der Waals surface area (Å²) in [7, 11) is 0. The molecule has 100 valence electrons. The van der Waals surface area contributed by atoms with Gasteiger partial charge in [-0.25, -0.2) is 4.68 Å². The molecule has 6 nitrogen and oxygen atoms in total.